The van der Waals surface area contributed by atoms with Crippen LogP contribution < -0.4 is 20.0 Å². The molecule has 0 saturated carbocycles. The van der Waals surface area contributed by atoms with Crippen molar-refractivity contribution >= 4 is 68.1 Å². The first-order valence-corrected chi connectivity index (χ1v) is 23.2. The summed E-state index contributed by atoms with van der Waals surface area (Å²) in [5, 5.41) is 27.4. The van der Waals surface area contributed by atoms with Gasteiger partial charge in [0.2, 0.25) is 0 Å². The Morgan fingerprint density at radius 3 is 1.24 bits per heavy atom. The highest BCUT2D eigenvalue weighted by atomic mass is 32.1. The molecule has 9 rings (SSSR count). The fourth-order valence-electron chi connectivity index (χ4n) is 9.26. The lowest BCUT2D eigenvalue weighted by Gasteiger charge is -2.37. The van der Waals surface area contributed by atoms with Gasteiger partial charge in [0.05, 0.1) is 11.8 Å². The molecular weight excluding hydrogens is 789 g/mol. The van der Waals surface area contributed by atoms with Gasteiger partial charge in [-0.05, 0) is 84.7 Å². The third kappa shape index (κ3) is 6.30. The molecule has 2 unspecified atom stereocenters. The van der Waals surface area contributed by atoms with E-state index in [-0.39, 0.29) is 33.9 Å². The Hall–Kier alpha value is -4.96. The highest BCUT2D eigenvalue weighted by molar-refractivity contribution is 7.27. The van der Waals surface area contributed by atoms with Gasteiger partial charge in [-0.15, -0.1) is 45.5 Å². The van der Waals surface area contributed by atoms with Crippen molar-refractivity contribution in [1.29, 1.82) is 0 Å². The number of carbonyl (C=O) groups is 2. The van der Waals surface area contributed by atoms with Crippen LogP contribution >= 0.6 is 34.0 Å². The van der Waals surface area contributed by atoms with E-state index >= 15 is 0 Å². The maximum atomic E-state index is 13.7. The van der Waals surface area contributed by atoms with Gasteiger partial charge < -0.3 is 20.0 Å². The first kappa shape index (κ1) is 39.5. The van der Waals surface area contributed by atoms with Gasteiger partial charge in [-0.25, -0.2) is 0 Å². The molecule has 6 nitrogen and oxygen atoms in total. The van der Waals surface area contributed by atoms with Crippen molar-refractivity contribution in [2.45, 2.75) is 78.1 Å². The SMILES string of the molecule is CCCCN1/C(=C\C2C(=O)C(c3ccc(-c4ccc(-c5ccc(C6=C([O-])C(/C=C7/N(CCCC)c8ccccc8C7(C)C)C6=O)s5)s4)s3)=C2[O-])C(C)(C)c2ccccc21. The number of hydrogen-bond donors (Lipinski definition) is 0. The number of nitrogens with zero attached hydrogens (tertiary/aromatic N) is 2. The van der Waals surface area contributed by atoms with Gasteiger partial charge in [0.25, 0.3) is 0 Å². The minimum absolute atomic E-state index is 0.113. The Labute approximate surface area is 359 Å². The van der Waals surface area contributed by atoms with Crippen LogP contribution in [-0.2, 0) is 20.4 Å². The highest BCUT2D eigenvalue weighted by Gasteiger charge is 2.44. The van der Waals surface area contributed by atoms with Crippen LogP contribution in [-0.4, -0.2) is 24.7 Å². The molecule has 5 aromatic rings. The summed E-state index contributed by atoms with van der Waals surface area (Å²) in [5.74, 6) is -1.99. The van der Waals surface area contributed by atoms with Gasteiger partial charge in [0.1, 0.15) is 0 Å². The first-order chi connectivity index (χ1) is 28.4. The molecule has 59 heavy (non-hydrogen) atoms. The summed E-state index contributed by atoms with van der Waals surface area (Å²) < 4.78 is 0. The molecule has 302 valence electrons. The zero-order valence-corrected chi connectivity index (χ0v) is 36.8. The van der Waals surface area contributed by atoms with Crippen molar-refractivity contribution in [3.05, 3.63) is 141 Å². The zero-order chi connectivity index (χ0) is 41.4. The predicted molar refractivity (Wildman–Crippen MR) is 241 cm³/mol. The number of hydrogen-bond acceptors (Lipinski definition) is 9. The van der Waals surface area contributed by atoms with Crippen molar-refractivity contribution in [3.8, 4) is 19.5 Å². The van der Waals surface area contributed by atoms with E-state index in [1.54, 1.807) is 11.3 Å². The second kappa shape index (κ2) is 14.9. The maximum absolute atomic E-state index is 13.7. The summed E-state index contributed by atoms with van der Waals surface area (Å²) >= 11 is 4.56. The van der Waals surface area contributed by atoms with Crippen LogP contribution in [0.1, 0.15) is 88.1 Å². The van der Waals surface area contributed by atoms with E-state index in [0.717, 1.165) is 81.1 Å². The third-order valence-corrected chi connectivity index (χ3v) is 16.3. The molecule has 2 aliphatic heterocycles. The zero-order valence-electron chi connectivity index (χ0n) is 34.4. The average molecular weight is 837 g/mol. The van der Waals surface area contributed by atoms with Crippen molar-refractivity contribution in [1.82, 2.24) is 0 Å². The molecule has 0 radical (unpaired) electrons. The summed E-state index contributed by atoms with van der Waals surface area (Å²) in [5.41, 5.74) is 6.80. The molecule has 0 amide bonds. The molecule has 9 heteroatoms. The van der Waals surface area contributed by atoms with Crippen molar-refractivity contribution in [2.75, 3.05) is 22.9 Å². The molecule has 0 fully saturated rings. The van der Waals surface area contributed by atoms with E-state index in [1.807, 2.05) is 36.4 Å². The number of para-hydroxylation sites is 2. The first-order valence-electron chi connectivity index (χ1n) is 20.8. The third-order valence-electron chi connectivity index (χ3n) is 12.6. The van der Waals surface area contributed by atoms with Gasteiger partial charge in [-0.3, -0.25) is 9.59 Å². The number of rotatable bonds is 12. The smallest absolute Gasteiger partial charge is 0.173 e. The van der Waals surface area contributed by atoms with E-state index in [2.05, 4.69) is 112 Å². The highest BCUT2D eigenvalue weighted by Crippen LogP contribution is 2.52. The van der Waals surface area contributed by atoms with E-state index < -0.39 is 11.8 Å². The van der Waals surface area contributed by atoms with E-state index in [4.69, 9.17) is 0 Å². The van der Waals surface area contributed by atoms with Gasteiger partial charge >= 0.3 is 0 Å². The van der Waals surface area contributed by atoms with Crippen molar-refractivity contribution in [3.63, 3.8) is 0 Å². The Kier molecular flexibility index (Phi) is 10.0. The van der Waals surface area contributed by atoms with E-state index in [1.165, 1.54) is 33.8 Å². The number of anilines is 2. The monoisotopic (exact) mass is 836 g/mol. The standard InChI is InChI=1S/C50H50N2O4S3/c1-7-9-25-51-33-17-13-11-15-31(33)49(3,4)41(51)27-29-45(53)43(46(29)54)39-23-21-37(58-39)35-19-20-36(57-35)38-22-24-40(59-38)44-47(55)30(48(44)56)28-42-50(5,6)32-16-12-14-18-34(32)52(42)26-10-8-2/h11-24,27-30,53,55H,7-10,25-26H2,1-6H3/p-2/b41-27-,42-28+. The minimum atomic E-state index is -0.768. The maximum Gasteiger partial charge on any atom is 0.173 e. The second-order valence-corrected chi connectivity index (χ2v) is 20.3. The fraction of sp³-hybridized carbons (Fsp3) is 0.320. The van der Waals surface area contributed by atoms with Crippen LogP contribution in [0.2, 0.25) is 0 Å². The lowest BCUT2D eigenvalue weighted by molar-refractivity contribution is -0.313. The molecule has 0 bridgehead atoms. The second-order valence-electron chi connectivity index (χ2n) is 17.1. The molecule has 3 aromatic heterocycles. The predicted octanol–water partition coefficient (Wildman–Crippen LogP) is 10.7. The normalized spacial score (nSPS) is 21.8. The summed E-state index contributed by atoms with van der Waals surface area (Å²) in [7, 11) is 0. The molecule has 5 heterocycles. The van der Waals surface area contributed by atoms with Crippen LogP contribution in [0, 0.1) is 11.8 Å². The van der Waals surface area contributed by atoms with Crippen molar-refractivity contribution in [2.24, 2.45) is 11.8 Å². The molecule has 0 N–H and O–H groups in total. The number of thiophene rings is 3. The Bertz CT molecular complexity index is 2470. The Balaban J connectivity index is 0.924. The molecular formula is C50H48N2O4S3-2. The van der Waals surface area contributed by atoms with Gasteiger partial charge in [0, 0.05) is 87.1 Å². The van der Waals surface area contributed by atoms with E-state index in [9.17, 15) is 19.8 Å². The lowest BCUT2D eigenvalue weighted by Crippen LogP contribution is -2.37. The molecule has 0 spiro atoms. The average Bonchev–Trinajstić information content (AvgIpc) is 4.06. The number of ketones is 2. The number of carbonyl (C=O) groups excluding carboxylic acids is 2. The van der Waals surface area contributed by atoms with E-state index in [0.29, 0.717) is 20.9 Å². The number of fused-ring (bicyclic) bond motifs is 2. The van der Waals surface area contributed by atoms with Crippen LogP contribution in [0.15, 0.2) is 120 Å². The summed E-state index contributed by atoms with van der Waals surface area (Å²) in [4.78, 5) is 37.5. The van der Waals surface area contributed by atoms with Crippen LogP contribution in [0.25, 0.3) is 30.7 Å². The number of allylic oxidation sites excluding steroid dienone is 6. The molecule has 2 aromatic carbocycles. The summed E-state index contributed by atoms with van der Waals surface area (Å²) in [6.45, 7) is 14.8. The fourth-order valence-corrected chi connectivity index (χ4v) is 12.6. The Morgan fingerprint density at radius 2 is 0.881 bits per heavy atom. The van der Waals surface area contributed by atoms with Gasteiger partial charge in [-0.2, -0.15) is 0 Å². The number of Topliss-reactive ketones (excluding diaryl/α,β-unsaturated/α-hetero) is 2. The topological polar surface area (TPSA) is 86.7 Å². The van der Waals surface area contributed by atoms with Gasteiger partial charge in [-0.1, -0.05) is 90.8 Å². The summed E-state index contributed by atoms with van der Waals surface area (Å²) in [6, 6.07) is 28.7. The minimum Gasteiger partial charge on any atom is -0.874 e. The van der Waals surface area contributed by atoms with Crippen LogP contribution in [0.5, 0.6) is 0 Å². The van der Waals surface area contributed by atoms with Crippen LogP contribution in [0.3, 0.4) is 0 Å². The van der Waals surface area contributed by atoms with Crippen LogP contribution in [0.4, 0.5) is 11.4 Å². The van der Waals surface area contributed by atoms with Crippen molar-refractivity contribution < 1.29 is 19.8 Å². The number of benzene rings is 2. The molecule has 4 aliphatic rings. The Morgan fingerprint density at radius 1 is 0.542 bits per heavy atom. The molecule has 2 atom stereocenters. The number of unbranched alkanes of at least 4 members (excludes halogenated alkanes) is 2. The lowest BCUT2D eigenvalue weighted by atomic mass is 9.77. The van der Waals surface area contributed by atoms with Gasteiger partial charge in [0.15, 0.2) is 11.6 Å². The molecule has 0 saturated heterocycles. The largest absolute Gasteiger partial charge is 0.874 e. The molecule has 2 aliphatic carbocycles. The quantitative estimate of drug-likeness (QED) is 0.124. The summed E-state index contributed by atoms with van der Waals surface area (Å²) in [6.07, 6.45) is 8.01.